The van der Waals surface area contributed by atoms with Crippen LogP contribution in [0.4, 0.5) is 0 Å². The number of rotatable bonds is 3. The summed E-state index contributed by atoms with van der Waals surface area (Å²) in [5, 5.41) is 0. The van der Waals surface area contributed by atoms with Crippen LogP contribution >= 0.6 is 15.9 Å². The van der Waals surface area contributed by atoms with E-state index in [0.29, 0.717) is 5.75 Å². The van der Waals surface area contributed by atoms with Crippen molar-refractivity contribution in [2.24, 2.45) is 0 Å². The standard InChI is InChI=1S/C13H13BrN2O2/c1-13(2,12(17)16-8-7-15-9-16)18-11-6-4-3-5-10(11)14/h3-9H,1-2H3. The van der Waals surface area contributed by atoms with Gasteiger partial charge in [0.25, 0.3) is 5.91 Å². The van der Waals surface area contributed by atoms with Crippen molar-refractivity contribution in [3.63, 3.8) is 0 Å². The number of nitrogens with zero attached hydrogens (tertiary/aromatic N) is 2. The van der Waals surface area contributed by atoms with Gasteiger partial charge in [-0.3, -0.25) is 9.36 Å². The Morgan fingerprint density at radius 3 is 2.72 bits per heavy atom. The molecule has 0 fully saturated rings. The van der Waals surface area contributed by atoms with Gasteiger partial charge in [0.1, 0.15) is 12.1 Å². The fourth-order valence-electron chi connectivity index (χ4n) is 1.54. The van der Waals surface area contributed by atoms with Crippen LogP contribution in [0, 0.1) is 0 Å². The van der Waals surface area contributed by atoms with Crippen molar-refractivity contribution >= 4 is 21.8 Å². The first-order valence-corrected chi connectivity index (χ1v) is 6.26. The van der Waals surface area contributed by atoms with Gasteiger partial charge in [-0.15, -0.1) is 0 Å². The summed E-state index contributed by atoms with van der Waals surface area (Å²) in [6.07, 6.45) is 4.63. The molecular weight excluding hydrogens is 296 g/mol. The molecule has 94 valence electrons. The van der Waals surface area contributed by atoms with Gasteiger partial charge < -0.3 is 4.74 Å². The summed E-state index contributed by atoms with van der Waals surface area (Å²) < 4.78 is 8.00. The predicted octanol–water partition coefficient (Wildman–Crippen LogP) is 3.14. The number of carbonyl (C=O) groups excluding carboxylic acids is 1. The fraction of sp³-hybridized carbons (Fsp3) is 0.231. The summed E-state index contributed by atoms with van der Waals surface area (Å²) in [7, 11) is 0. The number of halogens is 1. The molecule has 2 rings (SSSR count). The lowest BCUT2D eigenvalue weighted by molar-refractivity contribution is 0.0485. The summed E-state index contributed by atoms with van der Waals surface area (Å²) in [5.41, 5.74) is -0.968. The van der Waals surface area contributed by atoms with E-state index >= 15 is 0 Å². The normalized spacial score (nSPS) is 11.3. The lowest BCUT2D eigenvalue weighted by Gasteiger charge is -2.25. The third-order valence-electron chi connectivity index (χ3n) is 2.46. The van der Waals surface area contributed by atoms with Crippen LogP contribution in [0.3, 0.4) is 0 Å². The molecule has 0 spiro atoms. The molecule has 0 saturated carbocycles. The molecule has 0 saturated heterocycles. The molecule has 0 aliphatic rings. The Morgan fingerprint density at radius 2 is 2.11 bits per heavy atom. The Hall–Kier alpha value is -1.62. The molecule has 0 aliphatic heterocycles. The van der Waals surface area contributed by atoms with Gasteiger partial charge in [-0.05, 0) is 41.9 Å². The molecule has 4 nitrogen and oxygen atoms in total. The summed E-state index contributed by atoms with van der Waals surface area (Å²) in [5.74, 6) is 0.465. The number of imidazole rings is 1. The topological polar surface area (TPSA) is 44.1 Å². The van der Waals surface area contributed by atoms with Crippen LogP contribution in [-0.2, 0) is 0 Å². The highest BCUT2D eigenvalue weighted by Crippen LogP contribution is 2.28. The zero-order chi connectivity index (χ0) is 13.2. The zero-order valence-corrected chi connectivity index (χ0v) is 11.7. The van der Waals surface area contributed by atoms with Gasteiger partial charge in [0, 0.05) is 12.4 Å². The molecule has 5 heteroatoms. The quantitative estimate of drug-likeness (QED) is 0.875. The van der Waals surface area contributed by atoms with E-state index in [4.69, 9.17) is 4.74 Å². The summed E-state index contributed by atoms with van der Waals surface area (Å²) in [4.78, 5) is 16.1. The number of benzene rings is 1. The Morgan fingerprint density at radius 1 is 1.39 bits per heavy atom. The van der Waals surface area contributed by atoms with Crippen LogP contribution in [0.2, 0.25) is 0 Å². The number of ether oxygens (including phenoxy) is 1. The second-order valence-electron chi connectivity index (χ2n) is 4.32. The number of hydrogen-bond donors (Lipinski definition) is 0. The van der Waals surface area contributed by atoms with Crippen LogP contribution in [0.25, 0.3) is 0 Å². The minimum Gasteiger partial charge on any atom is -0.477 e. The maximum absolute atomic E-state index is 12.2. The van der Waals surface area contributed by atoms with Gasteiger partial charge >= 0.3 is 0 Å². The predicted molar refractivity (Wildman–Crippen MR) is 71.7 cm³/mol. The van der Waals surface area contributed by atoms with Crippen molar-refractivity contribution in [2.75, 3.05) is 0 Å². The fourth-order valence-corrected chi connectivity index (χ4v) is 1.90. The van der Waals surface area contributed by atoms with E-state index in [9.17, 15) is 4.79 Å². The molecule has 0 radical (unpaired) electrons. The molecule has 0 unspecified atom stereocenters. The highest BCUT2D eigenvalue weighted by Gasteiger charge is 2.31. The molecule has 18 heavy (non-hydrogen) atoms. The highest BCUT2D eigenvalue weighted by atomic mass is 79.9. The first-order chi connectivity index (χ1) is 8.50. The van der Waals surface area contributed by atoms with Crippen molar-refractivity contribution in [1.82, 2.24) is 9.55 Å². The van der Waals surface area contributed by atoms with Crippen molar-refractivity contribution in [3.8, 4) is 5.75 Å². The molecule has 0 bridgehead atoms. The third kappa shape index (κ3) is 2.61. The van der Waals surface area contributed by atoms with Crippen molar-refractivity contribution in [3.05, 3.63) is 47.5 Å². The summed E-state index contributed by atoms with van der Waals surface area (Å²) in [6, 6.07) is 7.43. The van der Waals surface area contributed by atoms with Gasteiger partial charge in [0.05, 0.1) is 4.47 Å². The molecule has 2 aromatic rings. The van der Waals surface area contributed by atoms with Crippen molar-refractivity contribution in [2.45, 2.75) is 19.4 Å². The number of aromatic nitrogens is 2. The van der Waals surface area contributed by atoms with Gasteiger partial charge in [-0.2, -0.15) is 0 Å². The Labute approximate surface area is 114 Å². The Kier molecular flexibility index (Phi) is 3.52. The molecule has 0 atom stereocenters. The lowest BCUT2D eigenvalue weighted by atomic mass is 10.1. The Bertz CT molecular complexity index is 550. The second-order valence-corrected chi connectivity index (χ2v) is 5.17. The molecular formula is C13H13BrN2O2. The van der Waals surface area contributed by atoms with E-state index in [2.05, 4.69) is 20.9 Å². The van der Waals surface area contributed by atoms with Gasteiger partial charge in [0.15, 0.2) is 5.60 Å². The maximum Gasteiger partial charge on any atom is 0.275 e. The van der Waals surface area contributed by atoms with Crippen LogP contribution in [0.1, 0.15) is 18.6 Å². The average molecular weight is 309 g/mol. The molecule has 1 aromatic carbocycles. The van der Waals surface area contributed by atoms with E-state index in [1.54, 1.807) is 26.2 Å². The zero-order valence-electron chi connectivity index (χ0n) is 10.1. The first-order valence-electron chi connectivity index (χ1n) is 5.47. The number of carbonyl (C=O) groups is 1. The van der Waals surface area contributed by atoms with Gasteiger partial charge in [-0.1, -0.05) is 12.1 Å². The van der Waals surface area contributed by atoms with E-state index in [1.165, 1.54) is 10.9 Å². The molecule has 1 aromatic heterocycles. The van der Waals surface area contributed by atoms with Gasteiger partial charge in [-0.25, -0.2) is 4.98 Å². The average Bonchev–Trinajstić information content (AvgIpc) is 2.84. The molecule has 1 heterocycles. The molecule has 0 aliphatic carbocycles. The minimum absolute atomic E-state index is 0.171. The summed E-state index contributed by atoms with van der Waals surface area (Å²) in [6.45, 7) is 3.46. The smallest absolute Gasteiger partial charge is 0.275 e. The number of hydrogen-bond acceptors (Lipinski definition) is 3. The number of para-hydroxylation sites is 1. The van der Waals surface area contributed by atoms with Crippen LogP contribution < -0.4 is 4.74 Å². The third-order valence-corrected chi connectivity index (χ3v) is 3.11. The van der Waals surface area contributed by atoms with Gasteiger partial charge in [0.2, 0.25) is 0 Å². The lowest BCUT2D eigenvalue weighted by Crippen LogP contribution is -2.41. The van der Waals surface area contributed by atoms with Crippen molar-refractivity contribution < 1.29 is 9.53 Å². The van der Waals surface area contributed by atoms with E-state index in [0.717, 1.165) is 4.47 Å². The van der Waals surface area contributed by atoms with Crippen molar-refractivity contribution in [1.29, 1.82) is 0 Å². The maximum atomic E-state index is 12.2. The summed E-state index contributed by atoms with van der Waals surface area (Å²) >= 11 is 3.39. The highest BCUT2D eigenvalue weighted by molar-refractivity contribution is 9.10. The first kappa shape index (κ1) is 12.8. The second kappa shape index (κ2) is 4.94. The minimum atomic E-state index is -0.968. The van der Waals surface area contributed by atoms with Crippen LogP contribution in [-0.4, -0.2) is 21.1 Å². The Balaban J connectivity index is 2.22. The largest absolute Gasteiger partial charge is 0.477 e. The SMILES string of the molecule is CC(C)(Oc1ccccc1Br)C(=O)n1ccnc1. The van der Waals surface area contributed by atoms with E-state index < -0.39 is 5.60 Å². The molecule has 0 N–H and O–H groups in total. The van der Waals surface area contributed by atoms with E-state index in [-0.39, 0.29) is 5.91 Å². The monoisotopic (exact) mass is 308 g/mol. The van der Waals surface area contributed by atoms with Crippen LogP contribution in [0.15, 0.2) is 47.5 Å². The van der Waals surface area contributed by atoms with E-state index in [1.807, 2.05) is 24.3 Å². The molecule has 0 amide bonds. The van der Waals surface area contributed by atoms with Crippen LogP contribution in [0.5, 0.6) is 5.75 Å².